The van der Waals surface area contributed by atoms with Gasteiger partial charge < -0.3 is 15.5 Å². The fourth-order valence-corrected chi connectivity index (χ4v) is 3.95. The zero-order valence-corrected chi connectivity index (χ0v) is 17.9. The minimum atomic E-state index is -0.359. The highest BCUT2D eigenvalue weighted by atomic mass is 32.1. The predicted octanol–water partition coefficient (Wildman–Crippen LogP) is 3.03. The molecule has 2 heterocycles. The molecule has 1 aromatic heterocycles. The number of anilines is 1. The van der Waals surface area contributed by atoms with Gasteiger partial charge in [0.05, 0.1) is 11.6 Å². The molecule has 8 heteroatoms. The third-order valence-electron chi connectivity index (χ3n) is 4.83. The number of hydrogen-bond donors (Lipinski definition) is 2. The van der Waals surface area contributed by atoms with E-state index in [-0.39, 0.29) is 35.6 Å². The molecule has 1 saturated heterocycles. The van der Waals surface area contributed by atoms with Crippen molar-refractivity contribution < 1.29 is 14.4 Å². The van der Waals surface area contributed by atoms with Gasteiger partial charge in [0.25, 0.3) is 0 Å². The highest BCUT2D eigenvalue weighted by molar-refractivity contribution is 7.14. The van der Waals surface area contributed by atoms with E-state index in [4.69, 9.17) is 0 Å². The van der Waals surface area contributed by atoms with Gasteiger partial charge in [0, 0.05) is 42.9 Å². The second kappa shape index (κ2) is 8.32. The maximum Gasteiger partial charge on any atom is 0.231 e. The number of carbonyl (C=O) groups excluding carboxylic acids is 3. The molecule has 3 amide bonds. The standard InChI is InChI=1S/C21H26N4O3S/c1-13(26)22-10-14-5-7-15(8-6-14)17-12-29-20(23-17)24-19(28)16-9-18(27)25(11-16)21(2,3)4/h5-8,12,16H,9-11H2,1-4H3,(H,22,26)(H,23,24,28). The number of hydrogen-bond acceptors (Lipinski definition) is 5. The quantitative estimate of drug-likeness (QED) is 0.787. The van der Waals surface area contributed by atoms with E-state index in [9.17, 15) is 14.4 Å². The second-order valence-electron chi connectivity index (χ2n) is 8.21. The third kappa shape index (κ3) is 5.20. The van der Waals surface area contributed by atoms with Gasteiger partial charge in [0.1, 0.15) is 0 Å². The van der Waals surface area contributed by atoms with E-state index in [0.717, 1.165) is 16.8 Å². The van der Waals surface area contributed by atoms with Gasteiger partial charge >= 0.3 is 0 Å². The van der Waals surface area contributed by atoms with Crippen molar-refractivity contribution in [3.05, 3.63) is 35.2 Å². The molecule has 0 radical (unpaired) electrons. The van der Waals surface area contributed by atoms with Crippen LogP contribution in [0.1, 0.15) is 39.7 Å². The Bertz CT molecular complexity index is 915. The van der Waals surface area contributed by atoms with Crippen LogP contribution in [0.25, 0.3) is 11.3 Å². The summed E-state index contributed by atoms with van der Waals surface area (Å²) in [7, 11) is 0. The summed E-state index contributed by atoms with van der Waals surface area (Å²) < 4.78 is 0. The van der Waals surface area contributed by atoms with E-state index in [1.54, 1.807) is 4.90 Å². The van der Waals surface area contributed by atoms with Gasteiger partial charge in [-0.1, -0.05) is 24.3 Å². The van der Waals surface area contributed by atoms with Crippen LogP contribution in [-0.4, -0.2) is 39.7 Å². The molecule has 3 rings (SSSR count). The van der Waals surface area contributed by atoms with Crippen molar-refractivity contribution in [2.45, 2.75) is 46.2 Å². The van der Waals surface area contributed by atoms with Crippen LogP contribution in [0, 0.1) is 5.92 Å². The maximum atomic E-state index is 12.6. The predicted molar refractivity (Wildman–Crippen MR) is 113 cm³/mol. The molecule has 0 bridgehead atoms. The Kier molecular flexibility index (Phi) is 6.02. The molecular formula is C21H26N4O3S. The van der Waals surface area contributed by atoms with Gasteiger partial charge in [-0.25, -0.2) is 4.98 Å². The summed E-state index contributed by atoms with van der Waals surface area (Å²) in [4.78, 5) is 42.0. The number of rotatable bonds is 5. The molecule has 1 unspecified atom stereocenters. The van der Waals surface area contributed by atoms with Crippen LogP contribution in [0.2, 0.25) is 0 Å². The second-order valence-corrected chi connectivity index (χ2v) is 9.07. The number of nitrogens with zero attached hydrogens (tertiary/aromatic N) is 2. The van der Waals surface area contributed by atoms with E-state index in [1.165, 1.54) is 18.3 Å². The van der Waals surface area contributed by atoms with Crippen LogP contribution in [0.15, 0.2) is 29.6 Å². The van der Waals surface area contributed by atoms with Gasteiger partial charge in [0.15, 0.2) is 5.13 Å². The lowest BCUT2D eigenvalue weighted by atomic mass is 10.1. The van der Waals surface area contributed by atoms with E-state index >= 15 is 0 Å². The van der Waals surface area contributed by atoms with Crippen LogP contribution < -0.4 is 10.6 Å². The van der Waals surface area contributed by atoms with Crippen LogP contribution in [0.5, 0.6) is 0 Å². The van der Waals surface area contributed by atoms with Crippen molar-refractivity contribution in [3.63, 3.8) is 0 Å². The van der Waals surface area contributed by atoms with Crippen molar-refractivity contribution in [2.75, 3.05) is 11.9 Å². The average Bonchev–Trinajstić information content (AvgIpc) is 3.27. The molecular weight excluding hydrogens is 388 g/mol. The summed E-state index contributed by atoms with van der Waals surface area (Å²) in [6, 6.07) is 7.76. The van der Waals surface area contributed by atoms with Crippen molar-refractivity contribution >= 4 is 34.2 Å². The molecule has 1 aliphatic rings. The number of carbonyl (C=O) groups is 3. The number of benzene rings is 1. The first kappa shape index (κ1) is 21.0. The summed E-state index contributed by atoms with van der Waals surface area (Å²) >= 11 is 1.36. The van der Waals surface area contributed by atoms with Crippen LogP contribution in [0.4, 0.5) is 5.13 Å². The Hall–Kier alpha value is -2.74. The van der Waals surface area contributed by atoms with Crippen LogP contribution in [-0.2, 0) is 20.9 Å². The summed E-state index contributed by atoms with van der Waals surface area (Å²) in [5.41, 5.74) is 2.42. The highest BCUT2D eigenvalue weighted by Crippen LogP contribution is 2.29. The smallest absolute Gasteiger partial charge is 0.231 e. The Labute approximate surface area is 174 Å². The van der Waals surface area contributed by atoms with Gasteiger partial charge in [-0.15, -0.1) is 11.3 Å². The number of likely N-dealkylation sites (tertiary alicyclic amines) is 1. The molecule has 2 aromatic rings. The molecule has 2 N–H and O–H groups in total. The molecule has 7 nitrogen and oxygen atoms in total. The monoisotopic (exact) mass is 414 g/mol. The van der Waals surface area contributed by atoms with Crippen molar-refractivity contribution in [2.24, 2.45) is 5.92 Å². The van der Waals surface area contributed by atoms with E-state index < -0.39 is 0 Å². The molecule has 0 saturated carbocycles. The summed E-state index contributed by atoms with van der Waals surface area (Å²) in [5.74, 6) is -0.584. The number of amides is 3. The summed E-state index contributed by atoms with van der Waals surface area (Å²) in [6.45, 7) is 8.32. The first-order chi connectivity index (χ1) is 13.6. The van der Waals surface area contributed by atoms with Crippen LogP contribution in [0.3, 0.4) is 0 Å². The van der Waals surface area contributed by atoms with Gasteiger partial charge in [-0.05, 0) is 26.3 Å². The first-order valence-corrected chi connectivity index (χ1v) is 10.4. The Morgan fingerprint density at radius 1 is 1.24 bits per heavy atom. The lowest BCUT2D eigenvalue weighted by Gasteiger charge is -2.31. The maximum absolute atomic E-state index is 12.6. The Balaban J connectivity index is 1.61. The van der Waals surface area contributed by atoms with E-state index in [0.29, 0.717) is 18.2 Å². The largest absolute Gasteiger partial charge is 0.352 e. The van der Waals surface area contributed by atoms with Crippen LogP contribution >= 0.6 is 11.3 Å². The molecule has 1 aromatic carbocycles. The SMILES string of the molecule is CC(=O)NCc1ccc(-c2csc(NC(=O)C3CC(=O)N(C(C)(C)C)C3)n2)cc1. The minimum Gasteiger partial charge on any atom is -0.352 e. The fraction of sp³-hybridized carbons (Fsp3) is 0.429. The highest BCUT2D eigenvalue weighted by Gasteiger charge is 2.39. The van der Waals surface area contributed by atoms with E-state index in [1.807, 2.05) is 50.4 Å². The van der Waals surface area contributed by atoms with Crippen molar-refractivity contribution in [1.82, 2.24) is 15.2 Å². The van der Waals surface area contributed by atoms with Gasteiger partial charge in [0.2, 0.25) is 17.7 Å². The lowest BCUT2D eigenvalue weighted by molar-refractivity contribution is -0.131. The van der Waals surface area contributed by atoms with E-state index in [2.05, 4.69) is 15.6 Å². The lowest BCUT2D eigenvalue weighted by Crippen LogP contribution is -2.42. The topological polar surface area (TPSA) is 91.4 Å². The molecule has 1 atom stereocenters. The molecule has 1 fully saturated rings. The minimum absolute atomic E-state index is 0.0110. The van der Waals surface area contributed by atoms with Gasteiger partial charge in [-0.2, -0.15) is 0 Å². The fourth-order valence-electron chi connectivity index (χ4n) is 3.22. The Morgan fingerprint density at radius 2 is 1.93 bits per heavy atom. The zero-order chi connectivity index (χ0) is 21.2. The molecule has 0 spiro atoms. The van der Waals surface area contributed by atoms with Gasteiger partial charge in [-0.3, -0.25) is 14.4 Å². The molecule has 29 heavy (non-hydrogen) atoms. The number of nitrogens with one attached hydrogen (secondary N) is 2. The average molecular weight is 415 g/mol. The number of aromatic nitrogens is 1. The first-order valence-electron chi connectivity index (χ1n) is 9.54. The molecule has 0 aliphatic carbocycles. The van der Waals surface area contributed by atoms with Crippen molar-refractivity contribution in [1.29, 1.82) is 0 Å². The Morgan fingerprint density at radius 3 is 2.52 bits per heavy atom. The molecule has 1 aliphatic heterocycles. The third-order valence-corrected chi connectivity index (χ3v) is 5.59. The normalized spacial score (nSPS) is 16.8. The summed E-state index contributed by atoms with van der Waals surface area (Å²) in [5, 5.41) is 8.03. The number of thiazole rings is 1. The van der Waals surface area contributed by atoms with Crippen molar-refractivity contribution in [3.8, 4) is 11.3 Å². The zero-order valence-electron chi connectivity index (χ0n) is 17.1. The molecule has 154 valence electrons. The summed E-state index contributed by atoms with van der Waals surface area (Å²) in [6.07, 6.45) is 0.233.